The van der Waals surface area contributed by atoms with Gasteiger partial charge in [0, 0.05) is 5.70 Å². The predicted molar refractivity (Wildman–Crippen MR) is 108 cm³/mol. The van der Waals surface area contributed by atoms with Gasteiger partial charge in [-0.2, -0.15) is 13.7 Å². The smallest absolute Gasteiger partial charge is 0.342 e. The highest BCUT2D eigenvalue weighted by atomic mass is 32.2. The van der Waals surface area contributed by atoms with E-state index in [-0.39, 0.29) is 27.5 Å². The van der Waals surface area contributed by atoms with Gasteiger partial charge in [-0.25, -0.2) is 4.79 Å². The van der Waals surface area contributed by atoms with Gasteiger partial charge < -0.3 is 14.7 Å². The Morgan fingerprint density at radius 2 is 1.80 bits per heavy atom. The third-order valence-electron chi connectivity index (χ3n) is 4.04. The van der Waals surface area contributed by atoms with Crippen molar-refractivity contribution in [1.29, 1.82) is 5.26 Å². The molecule has 0 spiro atoms. The molecule has 0 unspecified atom stereocenters. The van der Waals surface area contributed by atoms with Crippen molar-refractivity contribution in [2.75, 3.05) is 6.61 Å². The summed E-state index contributed by atoms with van der Waals surface area (Å²) in [7, 11) is -4.22. The van der Waals surface area contributed by atoms with Gasteiger partial charge in [-0.05, 0) is 50.1 Å². The molecule has 0 aliphatic heterocycles. The largest absolute Gasteiger partial charge is 0.454 e. The maximum absolute atomic E-state index is 12.7. The van der Waals surface area contributed by atoms with Gasteiger partial charge in [0.25, 0.3) is 0 Å². The third-order valence-corrected chi connectivity index (χ3v) is 5.42. The van der Waals surface area contributed by atoms with E-state index < -0.39 is 28.5 Å². The van der Waals surface area contributed by atoms with Crippen LogP contribution in [0.3, 0.4) is 0 Å². The Morgan fingerprint density at radius 3 is 2.43 bits per heavy atom. The molecule has 0 fully saturated rings. The van der Waals surface area contributed by atoms with Crippen molar-refractivity contribution in [3.8, 4) is 11.8 Å². The molecule has 0 aliphatic rings. The number of ketones is 1. The average Bonchev–Trinajstić information content (AvgIpc) is 2.68. The summed E-state index contributed by atoms with van der Waals surface area (Å²) < 4.78 is 35.6. The van der Waals surface area contributed by atoms with E-state index in [0.29, 0.717) is 5.56 Å². The molecule has 0 saturated heterocycles. The lowest BCUT2D eigenvalue weighted by Gasteiger charge is -2.13. The van der Waals surface area contributed by atoms with Crippen LogP contribution in [0.1, 0.15) is 28.4 Å². The van der Waals surface area contributed by atoms with Crippen LogP contribution >= 0.6 is 0 Å². The molecule has 0 saturated carbocycles. The minimum atomic E-state index is -4.22. The number of aryl methyl sites for hydroxylation is 2. The average molecular weight is 428 g/mol. The van der Waals surface area contributed by atoms with Crippen LogP contribution in [-0.4, -0.2) is 26.8 Å². The molecule has 0 aliphatic carbocycles. The first-order valence-corrected chi connectivity index (χ1v) is 10.1. The molecule has 0 radical (unpaired) electrons. The first-order valence-electron chi connectivity index (χ1n) is 8.74. The van der Waals surface area contributed by atoms with Crippen molar-refractivity contribution in [3.63, 3.8) is 0 Å². The minimum Gasteiger partial charge on any atom is -0.454 e. The van der Waals surface area contributed by atoms with Crippen LogP contribution in [0.15, 0.2) is 58.6 Å². The number of nitrogens with zero attached hydrogens (tertiary/aromatic N) is 1. The number of carbonyl (C=O) groups is 2. The number of nitriles is 1. The maximum atomic E-state index is 12.7. The molecular weight excluding hydrogens is 408 g/mol. The van der Waals surface area contributed by atoms with Crippen LogP contribution < -0.4 is 9.92 Å². The lowest BCUT2D eigenvalue weighted by atomic mass is 10.1. The molecule has 9 heteroatoms. The van der Waals surface area contributed by atoms with Gasteiger partial charge in [0.15, 0.2) is 12.4 Å². The first kappa shape index (κ1) is 22.6. The minimum absolute atomic E-state index is 0.00176. The second kappa shape index (κ2) is 9.24. The van der Waals surface area contributed by atoms with Gasteiger partial charge in [0.2, 0.25) is 5.78 Å². The predicted octanol–water partition coefficient (Wildman–Crippen LogP) is 2.55. The second-order valence-electron chi connectivity index (χ2n) is 6.47. The fourth-order valence-corrected chi connectivity index (χ4v) is 3.76. The van der Waals surface area contributed by atoms with Crippen molar-refractivity contribution in [3.05, 3.63) is 70.4 Å². The molecule has 0 aromatic heterocycles. The molecule has 2 aromatic rings. The zero-order valence-corrected chi connectivity index (χ0v) is 17.4. The van der Waals surface area contributed by atoms with E-state index in [2.05, 4.69) is 0 Å². The van der Waals surface area contributed by atoms with Crippen molar-refractivity contribution in [2.45, 2.75) is 25.7 Å². The molecule has 156 valence electrons. The van der Waals surface area contributed by atoms with Crippen LogP contribution in [0.5, 0.6) is 5.75 Å². The summed E-state index contributed by atoms with van der Waals surface area (Å²) in [5.41, 5.74) is 6.16. The van der Waals surface area contributed by atoms with E-state index in [1.54, 1.807) is 32.0 Å². The number of esters is 1. The lowest BCUT2D eigenvalue weighted by Crippen LogP contribution is -2.19. The topological polar surface area (TPSA) is 137 Å². The number of benzene rings is 2. The van der Waals surface area contributed by atoms with Gasteiger partial charge in [0.05, 0.1) is 0 Å². The summed E-state index contributed by atoms with van der Waals surface area (Å²) in [6, 6.07) is 12.1. The number of hydrogen-bond donors (Lipinski definition) is 1. The molecule has 0 bridgehead atoms. The molecule has 0 heterocycles. The quantitative estimate of drug-likeness (QED) is 0.307. The van der Waals surface area contributed by atoms with Crippen LogP contribution in [0, 0.1) is 25.2 Å². The Balaban J connectivity index is 2.27. The summed E-state index contributed by atoms with van der Waals surface area (Å²) >= 11 is 0. The number of hydrogen-bond acceptors (Lipinski definition) is 8. The van der Waals surface area contributed by atoms with Crippen LogP contribution in [-0.2, 0) is 19.6 Å². The van der Waals surface area contributed by atoms with Crippen molar-refractivity contribution >= 4 is 21.9 Å². The Labute approximate surface area is 174 Å². The van der Waals surface area contributed by atoms with Gasteiger partial charge in [-0.3, -0.25) is 4.79 Å². The van der Waals surface area contributed by atoms with Crippen molar-refractivity contribution in [1.82, 2.24) is 0 Å². The highest BCUT2D eigenvalue weighted by molar-refractivity contribution is 7.87. The Kier molecular flexibility index (Phi) is 6.97. The van der Waals surface area contributed by atoms with E-state index in [1.165, 1.54) is 37.3 Å². The number of allylic oxidation sites excluding steroid dienone is 1. The number of carbonyl (C=O) groups excluding carboxylic acids is 2. The van der Waals surface area contributed by atoms with Gasteiger partial charge in [-0.1, -0.05) is 24.3 Å². The molecule has 2 rings (SSSR count). The summed E-state index contributed by atoms with van der Waals surface area (Å²) in [6.45, 7) is 4.02. The molecule has 0 atom stereocenters. The fourth-order valence-electron chi connectivity index (χ4n) is 2.50. The van der Waals surface area contributed by atoms with E-state index in [4.69, 9.17) is 19.9 Å². The maximum Gasteiger partial charge on any atom is 0.342 e. The third kappa shape index (κ3) is 5.24. The van der Waals surface area contributed by atoms with Crippen molar-refractivity contribution in [2.24, 2.45) is 5.73 Å². The Bertz CT molecular complexity index is 1170. The standard InChI is InChI=1S/C21H20N2O6S/c1-13-8-9-14(2)20(10-13)30(26,27)29-19-7-5-4-6-16(19)21(25)28-12-18(24)17(11-22)15(3)23/h4-10H,12,23H2,1-3H3/b17-15+. The van der Waals surface area contributed by atoms with Gasteiger partial charge in [0.1, 0.15) is 22.1 Å². The number of nitrogens with two attached hydrogens (primary N) is 1. The van der Waals surface area contributed by atoms with Crippen LogP contribution in [0.25, 0.3) is 0 Å². The monoisotopic (exact) mass is 428 g/mol. The van der Waals surface area contributed by atoms with Crippen LogP contribution in [0.2, 0.25) is 0 Å². The molecule has 2 N–H and O–H groups in total. The molecular formula is C21H20N2O6S. The number of para-hydroxylation sites is 1. The lowest BCUT2D eigenvalue weighted by molar-refractivity contribution is -0.118. The zero-order chi connectivity index (χ0) is 22.5. The second-order valence-corrected chi connectivity index (χ2v) is 7.99. The van der Waals surface area contributed by atoms with Gasteiger partial charge >= 0.3 is 16.1 Å². The van der Waals surface area contributed by atoms with E-state index >= 15 is 0 Å². The van der Waals surface area contributed by atoms with Gasteiger partial charge in [-0.15, -0.1) is 0 Å². The molecule has 0 amide bonds. The van der Waals surface area contributed by atoms with Crippen LogP contribution in [0.4, 0.5) is 0 Å². The number of Topliss-reactive ketones (excluding diaryl/α,β-unsaturated/α-hetero) is 1. The fraction of sp³-hybridized carbons (Fsp3) is 0.190. The SMILES string of the molecule is C/C(N)=C(/C#N)C(=O)COC(=O)c1ccccc1OS(=O)(=O)c1cc(C)ccc1C. The zero-order valence-electron chi connectivity index (χ0n) is 16.6. The normalized spacial score (nSPS) is 11.8. The van der Waals surface area contributed by atoms with Crippen molar-refractivity contribution < 1.29 is 26.9 Å². The number of ether oxygens (including phenoxy) is 1. The summed E-state index contributed by atoms with van der Waals surface area (Å²) in [6.07, 6.45) is 0. The summed E-state index contributed by atoms with van der Waals surface area (Å²) in [5.74, 6) is -2.00. The van der Waals surface area contributed by atoms with E-state index in [1.807, 2.05) is 0 Å². The van der Waals surface area contributed by atoms with E-state index in [9.17, 15) is 18.0 Å². The van der Waals surface area contributed by atoms with E-state index in [0.717, 1.165) is 5.56 Å². The highest BCUT2D eigenvalue weighted by Gasteiger charge is 2.24. The molecule has 8 nitrogen and oxygen atoms in total. The Hall–Kier alpha value is -3.64. The summed E-state index contributed by atoms with van der Waals surface area (Å²) in [4.78, 5) is 24.3. The molecule has 30 heavy (non-hydrogen) atoms. The number of rotatable bonds is 7. The summed E-state index contributed by atoms with van der Waals surface area (Å²) in [5, 5.41) is 8.94. The highest BCUT2D eigenvalue weighted by Crippen LogP contribution is 2.26. The Morgan fingerprint density at radius 1 is 1.13 bits per heavy atom. The first-order chi connectivity index (χ1) is 14.1. The molecule has 2 aromatic carbocycles.